The maximum Gasteiger partial charge on any atom is 0.253 e. The molecular formula is C28H32N6O5. The standard InChI is InChI=1S/C28H32N6O5/c1-4-21(35)17-10-13-33(14-11-17)28(36)18-5-7-20(8-6-18)34-27(29-30-31-34)24-23-19(9-12-32(24)2)15-22-25(26(23)37-3)39-16-38-22/h5-8,15,17,24H,4,9-14,16H2,1-3H3/t24-/m0/s1. The number of carbonyl (C=O) groups excluding carboxylic acids is 2. The molecule has 0 unspecified atom stereocenters. The molecule has 204 valence electrons. The summed E-state index contributed by atoms with van der Waals surface area (Å²) in [6.45, 7) is 4.06. The van der Waals surface area contributed by atoms with E-state index in [0.29, 0.717) is 48.1 Å². The molecule has 3 aliphatic rings. The predicted molar refractivity (Wildman–Crippen MR) is 140 cm³/mol. The van der Waals surface area contributed by atoms with Gasteiger partial charge in [0.1, 0.15) is 11.8 Å². The molecule has 1 amide bonds. The Morgan fingerprint density at radius 3 is 2.59 bits per heavy atom. The van der Waals surface area contributed by atoms with Crippen molar-refractivity contribution in [1.82, 2.24) is 30.0 Å². The van der Waals surface area contributed by atoms with Crippen LogP contribution in [0.4, 0.5) is 0 Å². The molecule has 1 saturated heterocycles. The fraction of sp³-hybridized carbons (Fsp3) is 0.464. The number of benzene rings is 2. The van der Waals surface area contributed by atoms with Gasteiger partial charge in [-0.25, -0.2) is 0 Å². The van der Waals surface area contributed by atoms with Crippen molar-refractivity contribution in [3.63, 3.8) is 0 Å². The van der Waals surface area contributed by atoms with Crippen molar-refractivity contribution in [2.24, 2.45) is 5.92 Å². The van der Waals surface area contributed by atoms with E-state index in [1.54, 1.807) is 11.8 Å². The molecule has 0 aliphatic carbocycles. The Bertz CT molecular complexity index is 1400. The molecule has 1 fully saturated rings. The molecule has 3 aliphatic heterocycles. The minimum atomic E-state index is -0.276. The lowest BCUT2D eigenvalue weighted by molar-refractivity contribution is -0.123. The fourth-order valence-electron chi connectivity index (χ4n) is 5.93. The number of tetrazole rings is 1. The van der Waals surface area contributed by atoms with Gasteiger partial charge in [-0.05, 0) is 72.6 Å². The highest BCUT2D eigenvalue weighted by atomic mass is 16.7. The molecule has 6 rings (SSSR count). The van der Waals surface area contributed by atoms with Crippen molar-refractivity contribution in [2.45, 2.75) is 38.6 Å². The van der Waals surface area contributed by atoms with Gasteiger partial charge in [-0.1, -0.05) is 6.92 Å². The zero-order chi connectivity index (χ0) is 27.1. The molecule has 0 saturated carbocycles. The van der Waals surface area contributed by atoms with Gasteiger partial charge in [0.05, 0.1) is 12.8 Å². The third kappa shape index (κ3) is 4.40. The Labute approximate surface area is 226 Å². The molecule has 11 heteroatoms. The maximum atomic E-state index is 13.2. The van der Waals surface area contributed by atoms with Crippen molar-refractivity contribution >= 4 is 11.7 Å². The molecule has 0 spiro atoms. The van der Waals surface area contributed by atoms with Gasteiger partial charge in [-0.15, -0.1) is 5.10 Å². The van der Waals surface area contributed by atoms with E-state index in [-0.39, 0.29) is 30.4 Å². The number of hydrogen-bond acceptors (Lipinski definition) is 9. The summed E-state index contributed by atoms with van der Waals surface area (Å²) >= 11 is 0. The number of Topliss-reactive ketones (excluding diaryl/α,β-unsaturated/α-hetero) is 1. The number of likely N-dealkylation sites (tertiary alicyclic amines) is 1. The summed E-state index contributed by atoms with van der Waals surface area (Å²) < 4.78 is 18.9. The Kier molecular flexibility index (Phi) is 6.68. The first kappa shape index (κ1) is 25.3. The molecule has 11 nitrogen and oxygen atoms in total. The van der Waals surface area contributed by atoms with Crippen LogP contribution in [0.3, 0.4) is 0 Å². The second kappa shape index (κ2) is 10.3. The number of aromatic nitrogens is 4. The Hall–Kier alpha value is -3.99. The molecule has 0 bridgehead atoms. The number of piperidine rings is 1. The number of ketones is 1. The molecule has 0 radical (unpaired) electrons. The van der Waals surface area contributed by atoms with E-state index in [9.17, 15) is 9.59 Å². The average Bonchev–Trinajstić information content (AvgIpc) is 3.65. The van der Waals surface area contributed by atoms with Crippen molar-refractivity contribution in [1.29, 1.82) is 0 Å². The molecule has 1 aromatic heterocycles. The van der Waals surface area contributed by atoms with E-state index in [1.165, 1.54) is 0 Å². The molecule has 0 N–H and O–H groups in total. The summed E-state index contributed by atoms with van der Waals surface area (Å²) in [4.78, 5) is 29.2. The first-order chi connectivity index (χ1) is 19.0. The molecule has 2 aromatic carbocycles. The number of nitrogens with zero attached hydrogens (tertiary/aromatic N) is 6. The lowest BCUT2D eigenvalue weighted by Gasteiger charge is -2.34. The first-order valence-electron chi connectivity index (χ1n) is 13.4. The van der Waals surface area contributed by atoms with Crippen LogP contribution in [0.15, 0.2) is 30.3 Å². The zero-order valence-electron chi connectivity index (χ0n) is 22.4. The molecule has 39 heavy (non-hydrogen) atoms. The fourth-order valence-corrected chi connectivity index (χ4v) is 5.93. The number of amides is 1. The van der Waals surface area contributed by atoms with Crippen molar-refractivity contribution < 1.29 is 23.8 Å². The van der Waals surface area contributed by atoms with Gasteiger partial charge in [0.15, 0.2) is 17.3 Å². The summed E-state index contributed by atoms with van der Waals surface area (Å²) in [5.74, 6) is 2.90. The molecule has 3 aromatic rings. The largest absolute Gasteiger partial charge is 0.492 e. The van der Waals surface area contributed by atoms with E-state index < -0.39 is 0 Å². The van der Waals surface area contributed by atoms with Crippen LogP contribution in [0.5, 0.6) is 17.2 Å². The van der Waals surface area contributed by atoms with E-state index >= 15 is 0 Å². The number of likely N-dealkylation sites (N-methyl/N-ethyl adjacent to an activating group) is 1. The molecule has 4 heterocycles. The van der Waals surface area contributed by atoms with E-state index in [0.717, 1.165) is 42.6 Å². The average molecular weight is 533 g/mol. The Morgan fingerprint density at radius 2 is 1.87 bits per heavy atom. The van der Waals surface area contributed by atoms with Gasteiger partial charge in [-0.2, -0.15) is 4.68 Å². The highest BCUT2D eigenvalue weighted by Crippen LogP contribution is 2.50. The number of ether oxygens (including phenoxy) is 3. The molecule has 1 atom stereocenters. The third-order valence-corrected chi connectivity index (χ3v) is 8.08. The van der Waals surface area contributed by atoms with Crippen LogP contribution in [-0.2, 0) is 11.2 Å². The van der Waals surface area contributed by atoms with Gasteiger partial charge >= 0.3 is 0 Å². The lowest BCUT2D eigenvalue weighted by atomic mass is 9.90. The van der Waals surface area contributed by atoms with Crippen molar-refractivity contribution in [2.75, 3.05) is 40.6 Å². The normalized spacial score (nSPS) is 19.2. The van der Waals surface area contributed by atoms with Gasteiger partial charge in [-0.3, -0.25) is 14.5 Å². The van der Waals surface area contributed by atoms with Crippen LogP contribution in [0.2, 0.25) is 0 Å². The van der Waals surface area contributed by atoms with Crippen LogP contribution in [0, 0.1) is 5.92 Å². The first-order valence-corrected chi connectivity index (χ1v) is 13.4. The second-order valence-corrected chi connectivity index (χ2v) is 10.2. The number of methoxy groups -OCH3 is 1. The number of fused-ring (bicyclic) bond motifs is 2. The monoisotopic (exact) mass is 532 g/mol. The van der Waals surface area contributed by atoms with Crippen LogP contribution >= 0.6 is 0 Å². The van der Waals surface area contributed by atoms with Gasteiger partial charge < -0.3 is 19.1 Å². The Morgan fingerprint density at radius 1 is 1.10 bits per heavy atom. The Balaban J connectivity index is 1.27. The minimum absolute atomic E-state index is 0.0253. The van der Waals surface area contributed by atoms with Gasteiger partial charge in [0.2, 0.25) is 12.5 Å². The summed E-state index contributed by atoms with van der Waals surface area (Å²) in [7, 11) is 3.67. The smallest absolute Gasteiger partial charge is 0.253 e. The van der Waals surface area contributed by atoms with Gasteiger partial charge in [0, 0.05) is 43.1 Å². The summed E-state index contributed by atoms with van der Waals surface area (Å²) in [6.07, 6.45) is 2.84. The minimum Gasteiger partial charge on any atom is -0.492 e. The highest BCUT2D eigenvalue weighted by molar-refractivity contribution is 5.94. The molecular weight excluding hydrogens is 500 g/mol. The highest BCUT2D eigenvalue weighted by Gasteiger charge is 2.38. The zero-order valence-corrected chi connectivity index (χ0v) is 22.4. The van der Waals surface area contributed by atoms with Gasteiger partial charge in [0.25, 0.3) is 5.91 Å². The predicted octanol–water partition coefficient (Wildman–Crippen LogP) is 2.81. The van der Waals surface area contributed by atoms with Crippen LogP contribution in [0.1, 0.15) is 59.5 Å². The number of carbonyl (C=O) groups is 2. The number of hydrogen-bond donors (Lipinski definition) is 0. The summed E-state index contributed by atoms with van der Waals surface area (Å²) in [6, 6.07) is 9.09. The second-order valence-electron chi connectivity index (χ2n) is 10.2. The SMILES string of the molecule is CCC(=O)C1CCN(C(=O)c2ccc(-n3nnnc3[C@@H]3c4c(cc5c(c4OC)OCO5)CCN3C)cc2)CC1. The maximum absolute atomic E-state index is 13.2. The van der Waals surface area contributed by atoms with E-state index in [1.807, 2.05) is 49.2 Å². The third-order valence-electron chi connectivity index (χ3n) is 8.08. The van der Waals surface area contributed by atoms with Crippen molar-refractivity contribution in [3.05, 3.63) is 52.8 Å². The van der Waals surface area contributed by atoms with Crippen LogP contribution < -0.4 is 14.2 Å². The van der Waals surface area contributed by atoms with E-state index in [4.69, 9.17) is 14.2 Å². The topological polar surface area (TPSA) is 112 Å². The number of rotatable bonds is 6. The lowest BCUT2D eigenvalue weighted by Crippen LogP contribution is -2.40. The van der Waals surface area contributed by atoms with E-state index in [2.05, 4.69) is 20.4 Å². The van der Waals surface area contributed by atoms with Crippen molar-refractivity contribution in [3.8, 4) is 22.9 Å². The summed E-state index contributed by atoms with van der Waals surface area (Å²) in [5.41, 5.74) is 3.42. The quantitative estimate of drug-likeness (QED) is 0.473. The van der Waals surface area contributed by atoms with Crippen LogP contribution in [0.25, 0.3) is 5.69 Å². The summed E-state index contributed by atoms with van der Waals surface area (Å²) in [5, 5.41) is 12.7. The van der Waals surface area contributed by atoms with Crippen LogP contribution in [-0.4, -0.2) is 82.3 Å².